The molecular formula is C16H10N4O2. The van der Waals surface area contributed by atoms with Crippen molar-refractivity contribution in [1.29, 1.82) is 0 Å². The number of nitro benzene ring substituents is 1. The van der Waals surface area contributed by atoms with Gasteiger partial charge in [0.1, 0.15) is 11.2 Å². The third-order valence-corrected chi connectivity index (χ3v) is 3.62. The summed E-state index contributed by atoms with van der Waals surface area (Å²) in [5, 5.41) is 20.5. The molecule has 4 aromatic rings. The van der Waals surface area contributed by atoms with E-state index in [1.54, 1.807) is 24.3 Å². The minimum Gasteiger partial charge on any atom is -0.353 e. The molecule has 0 aliphatic rings. The van der Waals surface area contributed by atoms with Gasteiger partial charge in [-0.05, 0) is 18.2 Å². The number of aromatic amines is 1. The van der Waals surface area contributed by atoms with E-state index >= 15 is 0 Å². The molecule has 2 aromatic carbocycles. The van der Waals surface area contributed by atoms with Crippen molar-refractivity contribution in [3.8, 4) is 11.3 Å². The molecule has 106 valence electrons. The maximum atomic E-state index is 11.1. The van der Waals surface area contributed by atoms with Crippen LogP contribution in [0.25, 0.3) is 33.2 Å². The summed E-state index contributed by atoms with van der Waals surface area (Å²) >= 11 is 0. The second-order valence-electron chi connectivity index (χ2n) is 4.94. The molecule has 0 aliphatic heterocycles. The zero-order valence-electron chi connectivity index (χ0n) is 11.4. The number of fused-ring (bicyclic) bond motifs is 3. The average molecular weight is 290 g/mol. The fourth-order valence-corrected chi connectivity index (χ4v) is 2.61. The van der Waals surface area contributed by atoms with Gasteiger partial charge in [-0.2, -0.15) is 0 Å². The second kappa shape index (κ2) is 4.63. The molecule has 0 spiro atoms. The smallest absolute Gasteiger partial charge is 0.278 e. The molecule has 0 amide bonds. The first-order chi connectivity index (χ1) is 10.7. The lowest BCUT2D eigenvalue weighted by molar-refractivity contribution is -0.384. The molecule has 22 heavy (non-hydrogen) atoms. The Hall–Kier alpha value is -3.28. The van der Waals surface area contributed by atoms with Crippen LogP contribution in [0.4, 0.5) is 5.69 Å². The topological polar surface area (TPSA) is 84.7 Å². The van der Waals surface area contributed by atoms with Crippen LogP contribution in [0.3, 0.4) is 0 Å². The van der Waals surface area contributed by atoms with E-state index in [1.807, 2.05) is 24.3 Å². The Morgan fingerprint density at radius 2 is 1.73 bits per heavy atom. The standard InChI is InChI=1S/C16H10N4O2/c21-20(22)15-8-4-2-5-10(15)13-9-14-16(19-18-13)11-6-1-3-7-12(11)17-14/h1-9,17H. The highest BCUT2D eigenvalue weighted by molar-refractivity contribution is 6.05. The van der Waals surface area contributed by atoms with Gasteiger partial charge in [0.25, 0.3) is 5.69 Å². The Labute approximate surface area is 124 Å². The van der Waals surface area contributed by atoms with Gasteiger partial charge in [0, 0.05) is 17.0 Å². The molecule has 4 rings (SSSR count). The van der Waals surface area contributed by atoms with Crippen LogP contribution in [0.15, 0.2) is 54.6 Å². The van der Waals surface area contributed by atoms with E-state index in [-0.39, 0.29) is 5.69 Å². The summed E-state index contributed by atoms with van der Waals surface area (Å²) in [4.78, 5) is 14.0. The number of para-hydroxylation sites is 2. The fraction of sp³-hybridized carbons (Fsp3) is 0. The van der Waals surface area contributed by atoms with Crippen molar-refractivity contribution in [2.24, 2.45) is 0 Å². The quantitative estimate of drug-likeness (QED) is 0.450. The summed E-state index contributed by atoms with van der Waals surface area (Å²) in [7, 11) is 0. The third-order valence-electron chi connectivity index (χ3n) is 3.62. The zero-order valence-corrected chi connectivity index (χ0v) is 11.4. The number of H-pyrrole nitrogens is 1. The van der Waals surface area contributed by atoms with Crippen molar-refractivity contribution in [3.05, 3.63) is 64.7 Å². The van der Waals surface area contributed by atoms with Crippen molar-refractivity contribution in [1.82, 2.24) is 15.2 Å². The molecule has 0 bridgehead atoms. The Morgan fingerprint density at radius 3 is 2.59 bits per heavy atom. The van der Waals surface area contributed by atoms with E-state index in [9.17, 15) is 10.1 Å². The van der Waals surface area contributed by atoms with E-state index in [0.29, 0.717) is 11.3 Å². The Bertz CT molecular complexity index is 1020. The molecule has 0 fully saturated rings. The molecule has 2 heterocycles. The summed E-state index contributed by atoms with van der Waals surface area (Å²) in [5.41, 5.74) is 3.49. The summed E-state index contributed by atoms with van der Waals surface area (Å²) in [6.07, 6.45) is 0. The van der Waals surface area contributed by atoms with Crippen LogP contribution in [0.2, 0.25) is 0 Å². The van der Waals surface area contributed by atoms with Gasteiger partial charge in [0.05, 0.1) is 16.0 Å². The van der Waals surface area contributed by atoms with Crippen molar-refractivity contribution in [2.45, 2.75) is 0 Å². The molecule has 1 N–H and O–H groups in total. The lowest BCUT2D eigenvalue weighted by atomic mass is 10.1. The van der Waals surface area contributed by atoms with Crippen LogP contribution < -0.4 is 0 Å². The van der Waals surface area contributed by atoms with Crippen molar-refractivity contribution in [2.75, 3.05) is 0 Å². The van der Waals surface area contributed by atoms with Gasteiger partial charge in [-0.3, -0.25) is 10.1 Å². The zero-order chi connectivity index (χ0) is 15.1. The minimum absolute atomic E-state index is 0.0206. The number of nitro groups is 1. The van der Waals surface area contributed by atoms with Gasteiger partial charge in [-0.1, -0.05) is 30.3 Å². The normalized spacial score (nSPS) is 11.1. The summed E-state index contributed by atoms with van der Waals surface area (Å²) in [5.74, 6) is 0. The Morgan fingerprint density at radius 1 is 0.955 bits per heavy atom. The lowest BCUT2D eigenvalue weighted by Crippen LogP contribution is -1.94. The molecule has 6 nitrogen and oxygen atoms in total. The van der Waals surface area contributed by atoms with Gasteiger partial charge < -0.3 is 4.98 Å². The van der Waals surface area contributed by atoms with Crippen molar-refractivity contribution in [3.63, 3.8) is 0 Å². The Balaban J connectivity index is 1.97. The number of aromatic nitrogens is 3. The first-order valence-corrected chi connectivity index (χ1v) is 6.72. The molecule has 0 saturated heterocycles. The Kier molecular flexibility index (Phi) is 2.62. The summed E-state index contributed by atoms with van der Waals surface area (Å²) in [6, 6.07) is 16.1. The molecule has 0 unspecified atom stereocenters. The van der Waals surface area contributed by atoms with E-state index in [1.165, 1.54) is 6.07 Å². The third kappa shape index (κ3) is 1.81. The largest absolute Gasteiger partial charge is 0.353 e. The monoisotopic (exact) mass is 290 g/mol. The van der Waals surface area contributed by atoms with E-state index < -0.39 is 4.92 Å². The van der Waals surface area contributed by atoms with Crippen LogP contribution in [-0.2, 0) is 0 Å². The van der Waals surface area contributed by atoms with Crippen LogP contribution in [0, 0.1) is 10.1 Å². The SMILES string of the molecule is O=[N+]([O-])c1ccccc1-c1cc2[nH]c3ccccc3c2nn1. The predicted molar refractivity (Wildman–Crippen MR) is 83.5 cm³/mol. The predicted octanol–water partition coefficient (Wildman–Crippen LogP) is 3.69. The highest BCUT2D eigenvalue weighted by atomic mass is 16.6. The molecule has 0 saturated carbocycles. The van der Waals surface area contributed by atoms with Crippen LogP contribution >= 0.6 is 0 Å². The average Bonchev–Trinajstić information content (AvgIpc) is 2.92. The fourth-order valence-electron chi connectivity index (χ4n) is 2.61. The number of hydrogen-bond donors (Lipinski definition) is 1. The minimum atomic E-state index is -0.410. The first kappa shape index (κ1) is 12.5. The summed E-state index contributed by atoms with van der Waals surface area (Å²) < 4.78 is 0. The van der Waals surface area contributed by atoms with Gasteiger partial charge in [0.2, 0.25) is 0 Å². The van der Waals surface area contributed by atoms with Crippen LogP contribution in [-0.4, -0.2) is 20.1 Å². The van der Waals surface area contributed by atoms with E-state index in [2.05, 4.69) is 15.2 Å². The summed E-state index contributed by atoms with van der Waals surface area (Å²) in [6.45, 7) is 0. The van der Waals surface area contributed by atoms with Gasteiger partial charge in [-0.25, -0.2) is 0 Å². The van der Waals surface area contributed by atoms with E-state index in [0.717, 1.165) is 21.9 Å². The van der Waals surface area contributed by atoms with Gasteiger partial charge in [-0.15, -0.1) is 10.2 Å². The van der Waals surface area contributed by atoms with Gasteiger partial charge in [0.15, 0.2) is 0 Å². The number of nitrogens with zero attached hydrogens (tertiary/aromatic N) is 3. The molecule has 6 heteroatoms. The van der Waals surface area contributed by atoms with Crippen molar-refractivity contribution >= 4 is 27.6 Å². The van der Waals surface area contributed by atoms with E-state index in [4.69, 9.17) is 0 Å². The number of benzene rings is 2. The van der Waals surface area contributed by atoms with Crippen LogP contribution in [0.1, 0.15) is 0 Å². The van der Waals surface area contributed by atoms with Gasteiger partial charge >= 0.3 is 0 Å². The molecule has 2 aromatic heterocycles. The van der Waals surface area contributed by atoms with Crippen LogP contribution in [0.5, 0.6) is 0 Å². The highest BCUT2D eigenvalue weighted by Gasteiger charge is 2.17. The maximum Gasteiger partial charge on any atom is 0.278 e. The number of rotatable bonds is 2. The van der Waals surface area contributed by atoms with Crippen molar-refractivity contribution < 1.29 is 4.92 Å². The first-order valence-electron chi connectivity index (χ1n) is 6.72. The molecule has 0 aliphatic carbocycles. The number of nitrogens with one attached hydrogen (secondary N) is 1. The number of hydrogen-bond acceptors (Lipinski definition) is 4. The molecule has 0 radical (unpaired) electrons. The lowest BCUT2D eigenvalue weighted by Gasteiger charge is -2.01. The highest BCUT2D eigenvalue weighted by Crippen LogP contribution is 2.30. The molecule has 0 atom stereocenters. The maximum absolute atomic E-state index is 11.1. The molecular weight excluding hydrogens is 280 g/mol. The second-order valence-corrected chi connectivity index (χ2v) is 4.94.